The predicted molar refractivity (Wildman–Crippen MR) is 43.8 cm³/mol. The second kappa shape index (κ2) is 3.13. The summed E-state index contributed by atoms with van der Waals surface area (Å²) in [6.45, 7) is 2.60. The molecule has 0 spiro atoms. The second-order valence-corrected chi connectivity index (χ2v) is 3.70. The van der Waals surface area contributed by atoms with E-state index in [2.05, 4.69) is 5.10 Å². The first-order valence-electron chi connectivity index (χ1n) is 3.68. The van der Waals surface area contributed by atoms with E-state index in [0.29, 0.717) is 0 Å². The summed E-state index contributed by atoms with van der Waals surface area (Å²) >= 11 is 5.42. The highest BCUT2D eigenvalue weighted by Gasteiger charge is 2.39. The summed E-state index contributed by atoms with van der Waals surface area (Å²) in [6, 6.07) is 0. The van der Waals surface area contributed by atoms with Crippen LogP contribution in [0.2, 0.25) is 5.02 Å². The van der Waals surface area contributed by atoms with Crippen LogP contribution in [0.1, 0.15) is 25.2 Å². The highest BCUT2D eigenvalue weighted by molar-refractivity contribution is 6.32. The van der Waals surface area contributed by atoms with E-state index in [1.807, 2.05) is 0 Å². The molecular formula is C7H8ClF3N2O. The molecule has 2 N–H and O–H groups in total. The van der Waals surface area contributed by atoms with Gasteiger partial charge in [-0.25, -0.2) is 0 Å². The highest BCUT2D eigenvalue weighted by atomic mass is 35.5. The van der Waals surface area contributed by atoms with Gasteiger partial charge in [0.05, 0.1) is 5.02 Å². The molecule has 0 saturated carbocycles. The van der Waals surface area contributed by atoms with Gasteiger partial charge in [-0.15, -0.1) is 0 Å². The van der Waals surface area contributed by atoms with Crippen LogP contribution in [-0.4, -0.2) is 15.3 Å². The van der Waals surface area contributed by atoms with E-state index < -0.39 is 22.5 Å². The Kier molecular flexibility index (Phi) is 2.53. The minimum absolute atomic E-state index is 0.216. The highest BCUT2D eigenvalue weighted by Crippen LogP contribution is 2.37. The first-order valence-corrected chi connectivity index (χ1v) is 4.05. The molecule has 0 aliphatic heterocycles. The Morgan fingerprint density at radius 3 is 2.07 bits per heavy atom. The molecule has 0 saturated heterocycles. The van der Waals surface area contributed by atoms with Gasteiger partial charge in [-0.1, -0.05) is 11.6 Å². The fraction of sp³-hybridized carbons (Fsp3) is 0.571. The summed E-state index contributed by atoms with van der Waals surface area (Å²) in [4.78, 5) is 0. The average molecular weight is 229 g/mol. The summed E-state index contributed by atoms with van der Waals surface area (Å²) in [7, 11) is 0. The maximum absolute atomic E-state index is 12.2. The molecule has 0 aromatic carbocycles. The molecule has 0 aliphatic rings. The fourth-order valence-electron chi connectivity index (χ4n) is 0.922. The van der Waals surface area contributed by atoms with E-state index in [-0.39, 0.29) is 5.69 Å². The zero-order valence-electron chi connectivity index (χ0n) is 7.41. The topological polar surface area (TPSA) is 48.9 Å². The maximum Gasteiger partial charge on any atom is 0.434 e. The molecule has 0 bridgehead atoms. The second-order valence-electron chi connectivity index (χ2n) is 3.32. The molecular weight excluding hydrogens is 221 g/mol. The van der Waals surface area contributed by atoms with E-state index in [4.69, 9.17) is 11.6 Å². The van der Waals surface area contributed by atoms with Crippen molar-refractivity contribution in [2.24, 2.45) is 0 Å². The third-order valence-electron chi connectivity index (χ3n) is 1.57. The number of halogens is 4. The first kappa shape index (κ1) is 11.3. The van der Waals surface area contributed by atoms with Crippen molar-refractivity contribution >= 4 is 11.6 Å². The van der Waals surface area contributed by atoms with Crippen LogP contribution in [0.25, 0.3) is 0 Å². The Bertz CT molecular complexity index is 308. The molecule has 0 atom stereocenters. The molecule has 0 fully saturated rings. The van der Waals surface area contributed by atoms with Gasteiger partial charge in [0.25, 0.3) is 0 Å². The Balaban J connectivity index is 3.23. The van der Waals surface area contributed by atoms with Crippen LogP contribution in [0.4, 0.5) is 13.2 Å². The summed E-state index contributed by atoms with van der Waals surface area (Å²) in [5, 5.41) is 13.9. The van der Waals surface area contributed by atoms with Crippen LogP contribution in [0, 0.1) is 0 Å². The van der Waals surface area contributed by atoms with Crippen LogP contribution in [0.5, 0.6) is 0 Å². The monoisotopic (exact) mass is 228 g/mol. The average Bonchev–Trinajstić information content (AvgIpc) is 2.26. The molecule has 80 valence electrons. The van der Waals surface area contributed by atoms with Crippen molar-refractivity contribution in [3.05, 3.63) is 16.4 Å². The van der Waals surface area contributed by atoms with Gasteiger partial charge in [0.2, 0.25) is 0 Å². The standard InChI is InChI=1S/C7H8ClF3N2O/c1-6(2,14)4-3(8)5(13-12-4)7(9,10)11/h14H,1-2H3,(H,12,13). The number of rotatable bonds is 1. The molecule has 1 rings (SSSR count). The normalized spacial score (nSPS) is 13.4. The molecule has 7 heteroatoms. The summed E-state index contributed by atoms with van der Waals surface area (Å²) < 4.78 is 36.6. The van der Waals surface area contributed by atoms with Crippen molar-refractivity contribution in [3.63, 3.8) is 0 Å². The Labute approximate surface area is 82.9 Å². The zero-order valence-corrected chi connectivity index (χ0v) is 8.16. The minimum atomic E-state index is -4.59. The molecule has 0 unspecified atom stereocenters. The van der Waals surface area contributed by atoms with Crippen LogP contribution >= 0.6 is 11.6 Å². The van der Waals surface area contributed by atoms with E-state index >= 15 is 0 Å². The zero-order chi connectivity index (χ0) is 11.1. The van der Waals surface area contributed by atoms with Crippen molar-refractivity contribution in [1.82, 2.24) is 10.2 Å². The van der Waals surface area contributed by atoms with E-state index in [0.717, 1.165) is 0 Å². The van der Waals surface area contributed by atoms with Gasteiger partial charge >= 0.3 is 6.18 Å². The van der Waals surface area contributed by atoms with Gasteiger partial charge in [-0.05, 0) is 13.8 Å². The molecule has 1 heterocycles. The van der Waals surface area contributed by atoms with Gasteiger partial charge in [0.1, 0.15) is 11.3 Å². The van der Waals surface area contributed by atoms with Crippen molar-refractivity contribution in [2.45, 2.75) is 25.6 Å². The number of hydrogen-bond acceptors (Lipinski definition) is 2. The predicted octanol–water partition coefficient (Wildman–Crippen LogP) is 2.31. The Morgan fingerprint density at radius 1 is 1.36 bits per heavy atom. The van der Waals surface area contributed by atoms with Gasteiger partial charge in [0.15, 0.2) is 5.69 Å². The molecule has 1 aromatic rings. The maximum atomic E-state index is 12.2. The fourth-order valence-corrected chi connectivity index (χ4v) is 1.34. The van der Waals surface area contributed by atoms with Gasteiger partial charge in [0, 0.05) is 0 Å². The van der Waals surface area contributed by atoms with Gasteiger partial charge in [-0.3, -0.25) is 5.10 Å². The lowest BCUT2D eigenvalue weighted by atomic mass is 10.1. The minimum Gasteiger partial charge on any atom is -0.384 e. The number of nitrogens with one attached hydrogen (secondary N) is 1. The first-order chi connectivity index (χ1) is 6.14. The number of nitrogens with zero attached hydrogens (tertiary/aromatic N) is 1. The number of alkyl halides is 3. The van der Waals surface area contributed by atoms with E-state index in [1.54, 1.807) is 5.10 Å². The molecule has 0 aliphatic carbocycles. The quantitative estimate of drug-likeness (QED) is 0.775. The number of aromatic nitrogens is 2. The van der Waals surface area contributed by atoms with Gasteiger partial charge < -0.3 is 5.11 Å². The van der Waals surface area contributed by atoms with E-state index in [1.165, 1.54) is 13.8 Å². The lowest BCUT2D eigenvalue weighted by molar-refractivity contribution is -0.141. The van der Waals surface area contributed by atoms with Crippen LogP contribution in [0.15, 0.2) is 0 Å². The summed E-state index contributed by atoms with van der Waals surface area (Å²) in [6.07, 6.45) is -4.59. The van der Waals surface area contributed by atoms with E-state index in [9.17, 15) is 18.3 Å². The van der Waals surface area contributed by atoms with Crippen LogP contribution < -0.4 is 0 Å². The number of H-pyrrole nitrogens is 1. The van der Waals surface area contributed by atoms with Crippen molar-refractivity contribution in [3.8, 4) is 0 Å². The number of aromatic amines is 1. The van der Waals surface area contributed by atoms with Gasteiger partial charge in [-0.2, -0.15) is 18.3 Å². The third-order valence-corrected chi connectivity index (χ3v) is 1.94. The molecule has 0 radical (unpaired) electrons. The Morgan fingerprint density at radius 2 is 1.86 bits per heavy atom. The summed E-state index contributed by atoms with van der Waals surface area (Å²) in [5.41, 5.74) is -2.86. The Hall–Kier alpha value is -0.750. The third kappa shape index (κ3) is 2.01. The largest absolute Gasteiger partial charge is 0.434 e. The lowest BCUT2D eigenvalue weighted by Crippen LogP contribution is -2.16. The lowest BCUT2D eigenvalue weighted by Gasteiger charge is -2.14. The van der Waals surface area contributed by atoms with Crippen molar-refractivity contribution < 1.29 is 18.3 Å². The van der Waals surface area contributed by atoms with Crippen LogP contribution in [0.3, 0.4) is 0 Å². The molecule has 0 amide bonds. The molecule has 1 aromatic heterocycles. The summed E-state index contributed by atoms with van der Waals surface area (Å²) in [5.74, 6) is 0. The molecule has 3 nitrogen and oxygen atoms in total. The smallest absolute Gasteiger partial charge is 0.384 e. The van der Waals surface area contributed by atoms with Crippen LogP contribution in [-0.2, 0) is 11.8 Å². The number of hydrogen-bond donors (Lipinski definition) is 2. The number of aliphatic hydroxyl groups is 1. The molecule has 14 heavy (non-hydrogen) atoms. The SMILES string of the molecule is CC(C)(O)c1n[nH]c(C(F)(F)F)c1Cl. The van der Waals surface area contributed by atoms with Crippen molar-refractivity contribution in [1.29, 1.82) is 0 Å². The van der Waals surface area contributed by atoms with Crippen molar-refractivity contribution in [2.75, 3.05) is 0 Å².